The number of hydrogen-bond acceptors (Lipinski definition) is 0. The van der Waals surface area contributed by atoms with E-state index in [0.29, 0.717) is 0 Å². The third kappa shape index (κ3) is 4.51. The van der Waals surface area contributed by atoms with Crippen molar-refractivity contribution in [3.05, 3.63) is 36.0 Å². The first-order valence-electron chi connectivity index (χ1n) is 6.38. The molecule has 1 aliphatic rings. The minimum absolute atomic E-state index is 0.817. The van der Waals surface area contributed by atoms with E-state index in [1.54, 1.807) is 0 Å². The fourth-order valence-electron chi connectivity index (χ4n) is 2.22. The molecule has 0 atom stereocenters. The molecule has 84 valence electrons. The molecular weight excluding hydrogens is 180 g/mol. The molecule has 0 aromatic carbocycles. The van der Waals surface area contributed by atoms with E-state index in [1.165, 1.54) is 37.7 Å². The quantitative estimate of drug-likeness (QED) is 0.563. The van der Waals surface area contributed by atoms with Gasteiger partial charge in [-0.3, -0.25) is 0 Å². The molecule has 1 aliphatic carbocycles. The van der Waals surface area contributed by atoms with Crippen LogP contribution in [0.4, 0.5) is 0 Å². The Kier molecular flexibility index (Phi) is 6.15. The lowest BCUT2D eigenvalue weighted by atomic mass is 9.83. The Balaban J connectivity index is 2.65. The van der Waals surface area contributed by atoms with E-state index in [2.05, 4.69) is 44.2 Å². The van der Waals surface area contributed by atoms with Gasteiger partial charge in [0.25, 0.3) is 0 Å². The molecule has 0 aromatic heterocycles. The average Bonchev–Trinajstić information content (AvgIpc) is 2.30. The lowest BCUT2D eigenvalue weighted by Gasteiger charge is -2.22. The van der Waals surface area contributed by atoms with Crippen LogP contribution in [0, 0.1) is 5.92 Å². The third-order valence-corrected chi connectivity index (χ3v) is 3.10. The van der Waals surface area contributed by atoms with Gasteiger partial charge in [-0.05, 0) is 37.7 Å². The summed E-state index contributed by atoms with van der Waals surface area (Å²) in [5.41, 5.74) is 1.54. The van der Waals surface area contributed by atoms with Crippen LogP contribution >= 0.6 is 0 Å². The van der Waals surface area contributed by atoms with Crippen molar-refractivity contribution in [2.24, 2.45) is 5.92 Å². The summed E-state index contributed by atoms with van der Waals surface area (Å²) in [6.07, 6.45) is 19.4. The second-order valence-electron chi connectivity index (χ2n) is 4.34. The number of rotatable bonds is 4. The zero-order valence-electron chi connectivity index (χ0n) is 10.2. The Morgan fingerprint density at radius 3 is 2.53 bits per heavy atom. The van der Waals surface area contributed by atoms with Crippen molar-refractivity contribution in [3.8, 4) is 0 Å². The normalized spacial score (nSPS) is 20.5. The molecule has 0 N–H and O–H groups in total. The zero-order chi connectivity index (χ0) is 10.9. The van der Waals surface area contributed by atoms with Crippen LogP contribution in [0.15, 0.2) is 36.0 Å². The molecule has 0 heteroatoms. The minimum atomic E-state index is 0.817. The Labute approximate surface area is 94.8 Å². The van der Waals surface area contributed by atoms with Crippen LogP contribution in [0.3, 0.4) is 0 Å². The van der Waals surface area contributed by atoms with Crippen LogP contribution in [0.5, 0.6) is 0 Å². The second-order valence-corrected chi connectivity index (χ2v) is 4.34. The van der Waals surface area contributed by atoms with E-state index in [9.17, 15) is 0 Å². The summed E-state index contributed by atoms with van der Waals surface area (Å²) in [5, 5.41) is 0. The Morgan fingerprint density at radius 2 is 1.93 bits per heavy atom. The second kappa shape index (κ2) is 7.50. The molecular formula is C15H24. The van der Waals surface area contributed by atoms with Crippen LogP contribution in [-0.4, -0.2) is 0 Å². The predicted molar refractivity (Wildman–Crippen MR) is 68.9 cm³/mol. The standard InChI is InChI=1S/C15H24/c1-3-5-10-14(11-6-4-2)15-12-8-7-9-13-15/h3,5-6,10-11,15H,4,7-9,12-13H2,1-2H3/b5-3+,11-6-,14-10+. The fraction of sp³-hybridized carbons (Fsp3) is 0.600. The largest absolute Gasteiger partial charge is 0.0877 e. The first-order chi connectivity index (χ1) is 7.38. The SMILES string of the molecule is C/C=C/C=C(\C=C/CC)C1CCCCC1. The van der Waals surface area contributed by atoms with Gasteiger partial charge in [0, 0.05) is 0 Å². The van der Waals surface area contributed by atoms with Crippen molar-refractivity contribution in [1.82, 2.24) is 0 Å². The maximum atomic E-state index is 2.33. The lowest BCUT2D eigenvalue weighted by Crippen LogP contribution is -2.07. The highest BCUT2D eigenvalue weighted by atomic mass is 14.2. The van der Waals surface area contributed by atoms with Crippen molar-refractivity contribution in [3.63, 3.8) is 0 Å². The van der Waals surface area contributed by atoms with Crippen LogP contribution < -0.4 is 0 Å². The van der Waals surface area contributed by atoms with E-state index in [0.717, 1.165) is 12.3 Å². The highest BCUT2D eigenvalue weighted by Crippen LogP contribution is 2.30. The predicted octanol–water partition coefficient (Wildman–Crippen LogP) is 5.04. The maximum Gasteiger partial charge on any atom is -0.0162 e. The third-order valence-electron chi connectivity index (χ3n) is 3.10. The summed E-state index contributed by atoms with van der Waals surface area (Å²) in [7, 11) is 0. The van der Waals surface area contributed by atoms with Gasteiger partial charge in [-0.2, -0.15) is 0 Å². The topological polar surface area (TPSA) is 0 Å². The fourth-order valence-corrected chi connectivity index (χ4v) is 2.22. The molecule has 0 unspecified atom stereocenters. The van der Waals surface area contributed by atoms with Gasteiger partial charge in [-0.15, -0.1) is 0 Å². The Morgan fingerprint density at radius 1 is 1.20 bits per heavy atom. The van der Waals surface area contributed by atoms with Gasteiger partial charge in [0.05, 0.1) is 0 Å². The molecule has 0 spiro atoms. The summed E-state index contributed by atoms with van der Waals surface area (Å²) in [6.45, 7) is 4.28. The zero-order valence-corrected chi connectivity index (χ0v) is 10.2. The van der Waals surface area contributed by atoms with Crippen molar-refractivity contribution >= 4 is 0 Å². The molecule has 0 saturated heterocycles. The molecule has 0 aromatic rings. The number of hydrogen-bond donors (Lipinski definition) is 0. The van der Waals surface area contributed by atoms with Crippen LogP contribution in [-0.2, 0) is 0 Å². The van der Waals surface area contributed by atoms with Gasteiger partial charge in [0.1, 0.15) is 0 Å². The number of allylic oxidation sites excluding steroid dienone is 6. The van der Waals surface area contributed by atoms with Crippen molar-refractivity contribution in [2.75, 3.05) is 0 Å². The maximum absolute atomic E-state index is 2.33. The van der Waals surface area contributed by atoms with Gasteiger partial charge in [-0.1, -0.05) is 56.6 Å². The summed E-state index contributed by atoms with van der Waals surface area (Å²) in [4.78, 5) is 0. The lowest BCUT2D eigenvalue weighted by molar-refractivity contribution is 0.408. The molecule has 1 fully saturated rings. The van der Waals surface area contributed by atoms with E-state index in [-0.39, 0.29) is 0 Å². The van der Waals surface area contributed by atoms with Gasteiger partial charge in [0.2, 0.25) is 0 Å². The van der Waals surface area contributed by atoms with E-state index in [1.807, 2.05) is 0 Å². The Hall–Kier alpha value is -0.780. The van der Waals surface area contributed by atoms with Crippen LogP contribution in [0.25, 0.3) is 0 Å². The van der Waals surface area contributed by atoms with Gasteiger partial charge >= 0.3 is 0 Å². The van der Waals surface area contributed by atoms with Crippen LogP contribution in [0.2, 0.25) is 0 Å². The van der Waals surface area contributed by atoms with Crippen LogP contribution in [0.1, 0.15) is 52.4 Å². The van der Waals surface area contributed by atoms with E-state index < -0.39 is 0 Å². The molecule has 0 bridgehead atoms. The highest BCUT2D eigenvalue weighted by Gasteiger charge is 2.15. The molecule has 1 rings (SSSR count). The minimum Gasteiger partial charge on any atom is -0.0877 e. The monoisotopic (exact) mass is 204 g/mol. The summed E-state index contributed by atoms with van der Waals surface area (Å²) < 4.78 is 0. The first kappa shape index (κ1) is 12.3. The molecule has 0 heterocycles. The smallest absolute Gasteiger partial charge is 0.0162 e. The van der Waals surface area contributed by atoms with E-state index in [4.69, 9.17) is 0 Å². The molecule has 0 nitrogen and oxygen atoms in total. The average molecular weight is 204 g/mol. The molecule has 1 saturated carbocycles. The first-order valence-corrected chi connectivity index (χ1v) is 6.38. The van der Waals surface area contributed by atoms with Crippen molar-refractivity contribution in [1.29, 1.82) is 0 Å². The van der Waals surface area contributed by atoms with Gasteiger partial charge in [0.15, 0.2) is 0 Å². The summed E-state index contributed by atoms with van der Waals surface area (Å²) >= 11 is 0. The molecule has 0 radical (unpaired) electrons. The van der Waals surface area contributed by atoms with Gasteiger partial charge in [-0.25, -0.2) is 0 Å². The molecule has 15 heavy (non-hydrogen) atoms. The van der Waals surface area contributed by atoms with Crippen molar-refractivity contribution in [2.45, 2.75) is 52.4 Å². The van der Waals surface area contributed by atoms with E-state index >= 15 is 0 Å². The highest BCUT2D eigenvalue weighted by molar-refractivity contribution is 5.26. The molecule has 0 amide bonds. The van der Waals surface area contributed by atoms with Crippen molar-refractivity contribution < 1.29 is 0 Å². The summed E-state index contributed by atoms with van der Waals surface area (Å²) in [6, 6.07) is 0. The molecule has 0 aliphatic heterocycles. The summed E-state index contributed by atoms with van der Waals surface area (Å²) in [5.74, 6) is 0.817. The Bertz CT molecular complexity index is 237. The van der Waals surface area contributed by atoms with Gasteiger partial charge < -0.3 is 0 Å².